The van der Waals surface area contributed by atoms with Crippen molar-refractivity contribution >= 4 is 11.7 Å². The van der Waals surface area contributed by atoms with E-state index in [1.54, 1.807) is 0 Å². The number of hydrogen-bond acceptors (Lipinski definition) is 5. The topological polar surface area (TPSA) is 84.6 Å². The third kappa shape index (κ3) is 3.26. The summed E-state index contributed by atoms with van der Waals surface area (Å²) in [6.07, 6.45) is 7.43. The van der Waals surface area contributed by atoms with Crippen LogP contribution in [0.4, 0.5) is 4.79 Å². The van der Waals surface area contributed by atoms with Gasteiger partial charge in [0, 0.05) is 32.2 Å². The first-order chi connectivity index (χ1) is 13.3. The highest BCUT2D eigenvalue weighted by Gasteiger charge is 2.28. The highest BCUT2D eigenvalue weighted by molar-refractivity contribution is 5.74. The Morgan fingerprint density at radius 1 is 1.19 bits per heavy atom. The third-order valence-electron chi connectivity index (χ3n) is 6.10. The Morgan fingerprint density at radius 3 is 2.89 bits per heavy atom. The molecular formula is C19H26N6O2. The average molecular weight is 370 g/mol. The minimum Gasteiger partial charge on any atom is -0.376 e. The number of fused-ring (bicyclic) bond motifs is 2. The van der Waals surface area contributed by atoms with Gasteiger partial charge >= 0.3 is 6.03 Å². The van der Waals surface area contributed by atoms with Gasteiger partial charge in [0.25, 0.3) is 0 Å². The summed E-state index contributed by atoms with van der Waals surface area (Å²) >= 11 is 0. The minimum absolute atomic E-state index is 0.0194. The number of aryl methyl sites for hydroxylation is 2. The Morgan fingerprint density at radius 2 is 2.07 bits per heavy atom. The van der Waals surface area contributed by atoms with Crippen molar-refractivity contribution < 1.29 is 9.53 Å². The predicted octanol–water partition coefficient (Wildman–Crippen LogP) is 1.68. The van der Waals surface area contributed by atoms with Gasteiger partial charge in [-0.15, -0.1) is 10.2 Å². The number of ether oxygens (including phenoxy) is 1. The smallest absolute Gasteiger partial charge is 0.317 e. The number of urea groups is 1. The van der Waals surface area contributed by atoms with Gasteiger partial charge in [-0.05, 0) is 56.6 Å². The molecule has 5 rings (SSSR count). The number of amides is 2. The summed E-state index contributed by atoms with van der Waals surface area (Å²) in [6.45, 7) is 2.90. The molecule has 144 valence electrons. The van der Waals surface area contributed by atoms with E-state index in [2.05, 4.69) is 21.6 Å². The van der Waals surface area contributed by atoms with Gasteiger partial charge in [0.15, 0.2) is 11.5 Å². The lowest BCUT2D eigenvalue weighted by Gasteiger charge is -2.31. The van der Waals surface area contributed by atoms with E-state index in [9.17, 15) is 4.79 Å². The second-order valence-electron chi connectivity index (χ2n) is 7.88. The van der Waals surface area contributed by atoms with E-state index in [4.69, 9.17) is 9.84 Å². The summed E-state index contributed by atoms with van der Waals surface area (Å²) in [5, 5.41) is 16.6. The number of aromatic nitrogens is 4. The zero-order valence-corrected chi connectivity index (χ0v) is 15.6. The Labute approximate surface area is 158 Å². The molecule has 1 aliphatic carbocycles. The van der Waals surface area contributed by atoms with E-state index in [1.807, 2.05) is 9.42 Å². The molecule has 0 radical (unpaired) electrons. The normalized spacial score (nSPS) is 23.1. The van der Waals surface area contributed by atoms with Crippen LogP contribution in [0.3, 0.4) is 0 Å². The fourth-order valence-corrected chi connectivity index (χ4v) is 4.51. The predicted molar refractivity (Wildman–Crippen MR) is 98.7 cm³/mol. The fourth-order valence-electron chi connectivity index (χ4n) is 4.51. The van der Waals surface area contributed by atoms with E-state index in [-0.39, 0.29) is 12.1 Å². The highest BCUT2D eigenvalue weighted by atomic mass is 16.5. The number of rotatable bonds is 3. The van der Waals surface area contributed by atoms with Crippen LogP contribution < -0.4 is 5.32 Å². The lowest BCUT2D eigenvalue weighted by atomic mass is 9.96. The molecule has 0 spiro atoms. The molecule has 2 fully saturated rings. The summed E-state index contributed by atoms with van der Waals surface area (Å²) in [5.41, 5.74) is 3.36. The molecule has 1 atom stereocenters. The standard InChI is InChI=1S/C19H26N6O2/c26-19(20-12-15-4-2-10-27-15)24-8-6-13(7-9-24)18-22-21-17-11-14-3-1-5-16(14)23-25(17)18/h11,13,15H,1-10,12H2,(H,20,26). The van der Waals surface area contributed by atoms with Crippen LogP contribution in [-0.2, 0) is 17.6 Å². The van der Waals surface area contributed by atoms with Crippen molar-refractivity contribution in [3.8, 4) is 0 Å². The van der Waals surface area contributed by atoms with Crippen molar-refractivity contribution in [2.75, 3.05) is 26.2 Å². The Hall–Kier alpha value is -2.22. The lowest BCUT2D eigenvalue weighted by Crippen LogP contribution is -2.46. The Bertz CT molecular complexity index is 836. The van der Waals surface area contributed by atoms with E-state index in [1.165, 1.54) is 17.7 Å². The largest absolute Gasteiger partial charge is 0.376 e. The molecule has 2 aliphatic heterocycles. The molecule has 0 aromatic carbocycles. The quantitative estimate of drug-likeness (QED) is 0.889. The maximum Gasteiger partial charge on any atom is 0.317 e. The molecule has 8 heteroatoms. The van der Waals surface area contributed by atoms with E-state index in [0.29, 0.717) is 12.5 Å². The Balaban J connectivity index is 1.21. The Kier molecular flexibility index (Phi) is 4.43. The first-order valence-electron chi connectivity index (χ1n) is 10.2. The van der Waals surface area contributed by atoms with Gasteiger partial charge in [-0.25, -0.2) is 4.79 Å². The first-order valence-corrected chi connectivity index (χ1v) is 10.2. The number of carbonyl (C=O) groups excluding carboxylic acids is 1. The van der Waals surface area contributed by atoms with Crippen LogP contribution >= 0.6 is 0 Å². The molecule has 0 bridgehead atoms. The minimum atomic E-state index is 0.0194. The fraction of sp³-hybridized carbons (Fsp3) is 0.684. The van der Waals surface area contributed by atoms with Gasteiger partial charge < -0.3 is 15.0 Å². The van der Waals surface area contributed by atoms with Crippen molar-refractivity contribution in [3.63, 3.8) is 0 Å². The molecule has 3 aliphatic rings. The summed E-state index contributed by atoms with van der Waals surface area (Å²) in [4.78, 5) is 14.3. The second kappa shape index (κ2) is 7.07. The average Bonchev–Trinajstić information content (AvgIpc) is 3.44. The zero-order valence-electron chi connectivity index (χ0n) is 15.6. The summed E-state index contributed by atoms with van der Waals surface area (Å²) < 4.78 is 7.50. The van der Waals surface area contributed by atoms with Crippen molar-refractivity contribution in [1.82, 2.24) is 30.0 Å². The van der Waals surface area contributed by atoms with Gasteiger partial charge in [0.05, 0.1) is 11.8 Å². The van der Waals surface area contributed by atoms with Crippen LogP contribution in [0.25, 0.3) is 5.65 Å². The maximum absolute atomic E-state index is 12.4. The van der Waals surface area contributed by atoms with Gasteiger partial charge in [-0.1, -0.05) is 0 Å². The molecule has 1 N–H and O–H groups in total. The van der Waals surface area contributed by atoms with Crippen molar-refractivity contribution in [1.29, 1.82) is 0 Å². The van der Waals surface area contributed by atoms with Crippen LogP contribution in [0.1, 0.15) is 55.1 Å². The van der Waals surface area contributed by atoms with Crippen LogP contribution in [0.5, 0.6) is 0 Å². The van der Waals surface area contributed by atoms with Gasteiger partial charge in [-0.2, -0.15) is 9.61 Å². The molecule has 1 unspecified atom stereocenters. The molecular weight excluding hydrogens is 344 g/mol. The number of nitrogens with one attached hydrogen (secondary N) is 1. The number of carbonyl (C=O) groups is 1. The molecule has 27 heavy (non-hydrogen) atoms. The zero-order chi connectivity index (χ0) is 18.2. The van der Waals surface area contributed by atoms with E-state index in [0.717, 1.165) is 69.7 Å². The van der Waals surface area contributed by atoms with Crippen molar-refractivity contribution in [2.45, 2.75) is 57.0 Å². The monoisotopic (exact) mass is 370 g/mol. The van der Waals surface area contributed by atoms with Crippen LogP contribution in [0, 0.1) is 0 Å². The SMILES string of the molecule is O=C(NCC1CCCO1)N1CCC(c2nnc3cc4c(nn23)CCC4)CC1. The maximum atomic E-state index is 12.4. The van der Waals surface area contributed by atoms with E-state index < -0.39 is 0 Å². The number of likely N-dealkylation sites (tertiary alicyclic amines) is 1. The number of hydrogen-bond donors (Lipinski definition) is 1. The summed E-state index contributed by atoms with van der Waals surface area (Å²) in [6, 6.07) is 2.16. The highest BCUT2D eigenvalue weighted by Crippen LogP contribution is 2.28. The summed E-state index contributed by atoms with van der Waals surface area (Å²) in [7, 11) is 0. The molecule has 2 aromatic rings. The lowest BCUT2D eigenvalue weighted by molar-refractivity contribution is 0.108. The van der Waals surface area contributed by atoms with Crippen LogP contribution in [-0.4, -0.2) is 63.1 Å². The van der Waals surface area contributed by atoms with E-state index >= 15 is 0 Å². The second-order valence-corrected chi connectivity index (χ2v) is 7.88. The molecule has 2 amide bonds. The molecule has 4 heterocycles. The third-order valence-corrected chi connectivity index (χ3v) is 6.10. The number of piperidine rings is 1. The van der Waals surface area contributed by atoms with Gasteiger partial charge in [0.2, 0.25) is 0 Å². The van der Waals surface area contributed by atoms with Crippen LogP contribution in [0.2, 0.25) is 0 Å². The number of nitrogens with zero attached hydrogens (tertiary/aromatic N) is 5. The van der Waals surface area contributed by atoms with Gasteiger partial charge in [0.1, 0.15) is 0 Å². The molecule has 2 aromatic heterocycles. The van der Waals surface area contributed by atoms with Crippen molar-refractivity contribution in [3.05, 3.63) is 23.1 Å². The van der Waals surface area contributed by atoms with Crippen LogP contribution in [0.15, 0.2) is 6.07 Å². The van der Waals surface area contributed by atoms with Crippen molar-refractivity contribution in [2.24, 2.45) is 0 Å². The molecule has 2 saturated heterocycles. The molecule has 8 nitrogen and oxygen atoms in total. The summed E-state index contributed by atoms with van der Waals surface area (Å²) in [5.74, 6) is 1.24. The first kappa shape index (κ1) is 16.9. The van der Waals surface area contributed by atoms with Gasteiger partial charge in [-0.3, -0.25) is 0 Å². The molecule has 0 saturated carbocycles.